The van der Waals surface area contributed by atoms with Crippen LogP contribution in [0.3, 0.4) is 0 Å². The number of ether oxygens (including phenoxy) is 1. The zero-order valence-electron chi connectivity index (χ0n) is 10.7. The molecule has 9 heteroatoms. The molecule has 2 unspecified atom stereocenters. The zero-order valence-corrected chi connectivity index (χ0v) is 11.4. The van der Waals surface area contributed by atoms with E-state index >= 15 is 0 Å². The summed E-state index contributed by atoms with van der Waals surface area (Å²) >= 11 is 5.99. The van der Waals surface area contributed by atoms with E-state index in [2.05, 4.69) is 30.6 Å². The van der Waals surface area contributed by atoms with Crippen LogP contribution in [0.5, 0.6) is 0 Å². The highest BCUT2D eigenvalue weighted by molar-refractivity contribution is 6.33. The van der Waals surface area contributed by atoms with E-state index in [0.29, 0.717) is 24.4 Å². The van der Waals surface area contributed by atoms with Crippen molar-refractivity contribution in [2.24, 2.45) is 5.92 Å². The number of aromatic amines is 1. The maximum absolute atomic E-state index is 12.2. The number of anilines is 1. The van der Waals surface area contributed by atoms with Crippen molar-refractivity contribution >= 4 is 34.6 Å². The molecule has 1 amide bonds. The number of hydrogen-bond donors (Lipinski definition) is 3. The van der Waals surface area contributed by atoms with Crippen LogP contribution in [0.2, 0.25) is 5.15 Å². The minimum Gasteiger partial charge on any atom is -0.379 e. The SMILES string of the molecule is CNC1COCC1C(=O)Nc1nc(Cl)c2[nH]cnc2n1. The summed E-state index contributed by atoms with van der Waals surface area (Å²) < 4.78 is 5.29. The Kier molecular flexibility index (Phi) is 3.51. The third kappa shape index (κ3) is 2.33. The number of fused-ring (bicyclic) bond motifs is 1. The molecule has 0 bridgehead atoms. The highest BCUT2D eigenvalue weighted by atomic mass is 35.5. The maximum Gasteiger partial charge on any atom is 0.233 e. The smallest absolute Gasteiger partial charge is 0.233 e. The summed E-state index contributed by atoms with van der Waals surface area (Å²) in [5.74, 6) is -0.341. The number of hydrogen-bond acceptors (Lipinski definition) is 6. The van der Waals surface area contributed by atoms with Crippen LogP contribution in [0.4, 0.5) is 5.95 Å². The summed E-state index contributed by atoms with van der Waals surface area (Å²) in [4.78, 5) is 27.2. The molecule has 2 aromatic rings. The van der Waals surface area contributed by atoms with Crippen molar-refractivity contribution in [3.05, 3.63) is 11.5 Å². The standard InChI is InChI=1S/C11H13ClN6O2/c1-13-6-3-20-2-5(6)10(19)18-11-16-8(12)7-9(17-11)15-4-14-7/h4-6,13H,2-3H2,1H3,(H2,14,15,16,17,18,19). The van der Waals surface area contributed by atoms with Gasteiger partial charge in [0.2, 0.25) is 11.9 Å². The van der Waals surface area contributed by atoms with Gasteiger partial charge in [0.15, 0.2) is 10.8 Å². The van der Waals surface area contributed by atoms with Crippen LogP contribution in [0.1, 0.15) is 0 Å². The summed E-state index contributed by atoms with van der Waals surface area (Å²) in [6.45, 7) is 0.879. The lowest BCUT2D eigenvalue weighted by molar-refractivity contribution is -0.120. The molecule has 2 aromatic heterocycles. The maximum atomic E-state index is 12.2. The molecule has 0 aromatic carbocycles. The van der Waals surface area contributed by atoms with Crippen molar-refractivity contribution in [3.63, 3.8) is 0 Å². The zero-order chi connectivity index (χ0) is 14.1. The summed E-state index contributed by atoms with van der Waals surface area (Å²) in [6.07, 6.45) is 1.47. The second-order valence-electron chi connectivity index (χ2n) is 4.47. The Morgan fingerprint density at radius 3 is 3.15 bits per heavy atom. The second kappa shape index (κ2) is 5.31. The molecule has 1 aliphatic rings. The Bertz CT molecular complexity index is 645. The molecule has 106 valence electrons. The Hall–Kier alpha value is -1.77. The Morgan fingerprint density at radius 2 is 2.35 bits per heavy atom. The molecule has 3 heterocycles. The van der Waals surface area contributed by atoms with Crippen molar-refractivity contribution in [1.82, 2.24) is 25.3 Å². The lowest BCUT2D eigenvalue weighted by Crippen LogP contribution is -2.39. The Labute approximate surface area is 119 Å². The Balaban J connectivity index is 1.80. The molecule has 0 radical (unpaired) electrons. The number of imidazole rings is 1. The van der Waals surface area contributed by atoms with E-state index in [1.54, 1.807) is 7.05 Å². The van der Waals surface area contributed by atoms with E-state index in [1.807, 2.05) is 0 Å². The van der Waals surface area contributed by atoms with Crippen LogP contribution in [0.15, 0.2) is 6.33 Å². The van der Waals surface area contributed by atoms with Gasteiger partial charge in [-0.1, -0.05) is 11.6 Å². The number of carbonyl (C=O) groups excluding carboxylic acids is 1. The fraction of sp³-hybridized carbons (Fsp3) is 0.455. The van der Waals surface area contributed by atoms with E-state index in [4.69, 9.17) is 16.3 Å². The van der Waals surface area contributed by atoms with Crippen molar-refractivity contribution in [2.75, 3.05) is 25.6 Å². The summed E-state index contributed by atoms with van der Waals surface area (Å²) in [5, 5.41) is 5.92. The van der Waals surface area contributed by atoms with Gasteiger partial charge in [-0.05, 0) is 7.05 Å². The van der Waals surface area contributed by atoms with Crippen molar-refractivity contribution < 1.29 is 9.53 Å². The molecular weight excluding hydrogens is 284 g/mol. The molecule has 0 saturated carbocycles. The number of rotatable bonds is 3. The number of likely N-dealkylation sites (N-methyl/N-ethyl adjacent to an activating group) is 1. The van der Waals surface area contributed by atoms with Crippen LogP contribution in [0.25, 0.3) is 11.2 Å². The molecular formula is C11H13ClN6O2. The highest BCUT2D eigenvalue weighted by Crippen LogP contribution is 2.20. The number of nitrogens with zero attached hydrogens (tertiary/aromatic N) is 3. The first-order valence-electron chi connectivity index (χ1n) is 6.11. The first-order valence-corrected chi connectivity index (χ1v) is 6.49. The van der Waals surface area contributed by atoms with Gasteiger partial charge in [-0.15, -0.1) is 0 Å². The number of carbonyl (C=O) groups is 1. The van der Waals surface area contributed by atoms with E-state index < -0.39 is 0 Å². The van der Waals surface area contributed by atoms with Crippen LogP contribution in [-0.4, -0.2) is 52.1 Å². The number of nitrogens with one attached hydrogen (secondary N) is 3. The summed E-state index contributed by atoms with van der Waals surface area (Å²) in [6, 6.07) is -0.0143. The summed E-state index contributed by atoms with van der Waals surface area (Å²) in [7, 11) is 1.79. The quantitative estimate of drug-likeness (QED) is 0.698. The lowest BCUT2D eigenvalue weighted by atomic mass is 10.0. The molecule has 1 saturated heterocycles. The van der Waals surface area contributed by atoms with Gasteiger partial charge in [0.25, 0.3) is 0 Å². The normalized spacial score (nSPS) is 22.3. The van der Waals surface area contributed by atoms with E-state index in [9.17, 15) is 4.79 Å². The van der Waals surface area contributed by atoms with E-state index in [1.165, 1.54) is 6.33 Å². The van der Waals surface area contributed by atoms with Gasteiger partial charge in [0.1, 0.15) is 5.52 Å². The third-order valence-corrected chi connectivity index (χ3v) is 3.54. The minimum atomic E-state index is -0.280. The lowest BCUT2D eigenvalue weighted by Gasteiger charge is -2.15. The number of aromatic nitrogens is 4. The summed E-state index contributed by atoms with van der Waals surface area (Å²) in [5.41, 5.74) is 0.954. The molecule has 0 spiro atoms. The molecule has 3 N–H and O–H groups in total. The van der Waals surface area contributed by atoms with Gasteiger partial charge >= 0.3 is 0 Å². The first-order chi connectivity index (χ1) is 9.69. The molecule has 0 aliphatic carbocycles. The van der Waals surface area contributed by atoms with Gasteiger partial charge in [-0.25, -0.2) is 4.98 Å². The van der Waals surface area contributed by atoms with Gasteiger partial charge in [-0.3, -0.25) is 10.1 Å². The minimum absolute atomic E-state index is 0.0143. The Morgan fingerprint density at radius 1 is 1.50 bits per heavy atom. The molecule has 1 fully saturated rings. The van der Waals surface area contributed by atoms with Crippen molar-refractivity contribution in [2.45, 2.75) is 6.04 Å². The van der Waals surface area contributed by atoms with Gasteiger partial charge in [0.05, 0.1) is 25.5 Å². The van der Waals surface area contributed by atoms with Crippen LogP contribution in [-0.2, 0) is 9.53 Å². The number of halogens is 1. The molecule has 3 rings (SSSR count). The predicted octanol–water partition coefficient (Wildman–Crippen LogP) is 0.179. The van der Waals surface area contributed by atoms with Crippen LogP contribution in [0, 0.1) is 5.92 Å². The van der Waals surface area contributed by atoms with Crippen molar-refractivity contribution in [1.29, 1.82) is 0 Å². The second-order valence-corrected chi connectivity index (χ2v) is 4.83. The van der Waals surface area contributed by atoms with Gasteiger partial charge in [-0.2, -0.15) is 9.97 Å². The van der Waals surface area contributed by atoms with Crippen LogP contribution < -0.4 is 10.6 Å². The monoisotopic (exact) mass is 296 g/mol. The highest BCUT2D eigenvalue weighted by Gasteiger charge is 2.33. The van der Waals surface area contributed by atoms with Crippen LogP contribution >= 0.6 is 11.6 Å². The van der Waals surface area contributed by atoms with Gasteiger partial charge < -0.3 is 15.0 Å². The third-order valence-electron chi connectivity index (χ3n) is 3.26. The molecule has 8 nitrogen and oxygen atoms in total. The molecule has 20 heavy (non-hydrogen) atoms. The van der Waals surface area contributed by atoms with Crippen molar-refractivity contribution in [3.8, 4) is 0 Å². The first kappa shape index (κ1) is 13.2. The van der Waals surface area contributed by atoms with Gasteiger partial charge in [0, 0.05) is 6.04 Å². The predicted molar refractivity (Wildman–Crippen MR) is 72.5 cm³/mol. The number of H-pyrrole nitrogens is 1. The fourth-order valence-electron chi connectivity index (χ4n) is 2.15. The topological polar surface area (TPSA) is 105 Å². The average molecular weight is 297 g/mol. The van der Waals surface area contributed by atoms with E-state index in [-0.39, 0.29) is 29.0 Å². The molecule has 2 atom stereocenters. The average Bonchev–Trinajstić information content (AvgIpc) is 3.06. The molecule has 1 aliphatic heterocycles. The van der Waals surface area contributed by atoms with E-state index in [0.717, 1.165) is 0 Å². The fourth-order valence-corrected chi connectivity index (χ4v) is 2.37. The largest absolute Gasteiger partial charge is 0.379 e. The number of amides is 1.